The Morgan fingerprint density at radius 2 is 2.00 bits per heavy atom. The first kappa shape index (κ1) is 11.5. The number of fused-ring (bicyclic) bond motifs is 1. The van der Waals surface area contributed by atoms with Crippen LogP contribution in [0.1, 0.15) is 32.5 Å². The van der Waals surface area contributed by atoms with E-state index in [2.05, 4.69) is 28.8 Å². The van der Waals surface area contributed by atoms with Crippen LogP contribution in [0.3, 0.4) is 0 Å². The van der Waals surface area contributed by atoms with E-state index < -0.39 is 0 Å². The first-order valence-corrected chi connectivity index (χ1v) is 6.09. The molecule has 0 amide bonds. The van der Waals surface area contributed by atoms with Crippen molar-refractivity contribution in [2.75, 3.05) is 0 Å². The molecule has 2 rings (SSSR count). The van der Waals surface area contributed by atoms with Crippen LogP contribution < -0.4 is 0 Å². The van der Waals surface area contributed by atoms with Crippen LogP contribution in [0.25, 0.3) is 11.2 Å². The molecule has 2 aromatic heterocycles. The highest BCUT2D eigenvalue weighted by Crippen LogP contribution is 2.17. The topological polar surface area (TPSA) is 49.4 Å². The van der Waals surface area contributed by atoms with Gasteiger partial charge in [-0.05, 0) is 19.1 Å². The van der Waals surface area contributed by atoms with E-state index in [0.717, 1.165) is 23.5 Å². The first-order valence-electron chi connectivity index (χ1n) is 5.27. The number of hydrogen-bond acceptors (Lipinski definition) is 3. The molecular formula is C10H14N4S2. The Morgan fingerprint density at radius 1 is 1.31 bits per heavy atom. The zero-order valence-electron chi connectivity index (χ0n) is 9.50. The average molecular weight is 254 g/mol. The predicted molar refractivity (Wildman–Crippen MR) is 69.9 cm³/mol. The molecule has 0 saturated heterocycles. The van der Waals surface area contributed by atoms with Gasteiger partial charge in [0.25, 0.3) is 0 Å². The summed E-state index contributed by atoms with van der Waals surface area (Å²) in [4.78, 5) is 10.8. The smallest absolute Gasteiger partial charge is 0.179 e. The molecule has 0 aliphatic rings. The number of rotatable bonds is 2. The van der Waals surface area contributed by atoms with E-state index in [-0.39, 0.29) is 0 Å². The molecule has 2 aromatic rings. The Hall–Kier alpha value is -1.01. The van der Waals surface area contributed by atoms with E-state index in [1.807, 2.05) is 11.5 Å². The number of H-pyrrole nitrogens is 2. The minimum Gasteiger partial charge on any atom is -0.338 e. The second-order valence-corrected chi connectivity index (χ2v) is 4.77. The van der Waals surface area contributed by atoms with Crippen LogP contribution in [0.4, 0.5) is 0 Å². The van der Waals surface area contributed by atoms with Crippen molar-refractivity contribution < 1.29 is 0 Å². The van der Waals surface area contributed by atoms with Crippen LogP contribution in [0, 0.1) is 9.41 Å². The molecule has 0 spiro atoms. The zero-order chi connectivity index (χ0) is 11.9. The van der Waals surface area contributed by atoms with Gasteiger partial charge in [-0.25, -0.2) is 4.98 Å². The summed E-state index contributed by atoms with van der Waals surface area (Å²) in [5, 5.41) is 0. The van der Waals surface area contributed by atoms with Crippen molar-refractivity contribution in [3.05, 3.63) is 15.2 Å². The van der Waals surface area contributed by atoms with Crippen LogP contribution in [-0.2, 0) is 6.54 Å². The molecule has 2 heterocycles. The van der Waals surface area contributed by atoms with Gasteiger partial charge in [-0.1, -0.05) is 26.1 Å². The predicted octanol–water partition coefficient (Wildman–Crippen LogP) is 3.29. The van der Waals surface area contributed by atoms with E-state index in [4.69, 9.17) is 24.4 Å². The second kappa shape index (κ2) is 4.10. The lowest BCUT2D eigenvalue weighted by molar-refractivity contribution is 0.739. The summed E-state index contributed by atoms with van der Waals surface area (Å²) in [5.74, 6) is 1.29. The molecule has 0 aliphatic carbocycles. The molecule has 2 N–H and O–H groups in total. The summed E-state index contributed by atoms with van der Waals surface area (Å²) in [7, 11) is 0. The Bertz CT molecular complexity index is 632. The summed E-state index contributed by atoms with van der Waals surface area (Å²) in [5.41, 5.74) is 1.72. The van der Waals surface area contributed by atoms with Crippen molar-refractivity contribution in [2.45, 2.75) is 33.2 Å². The number of imidazole rings is 1. The average Bonchev–Trinajstić information content (AvgIpc) is 2.63. The third kappa shape index (κ3) is 1.72. The van der Waals surface area contributed by atoms with Gasteiger partial charge in [-0.2, -0.15) is 0 Å². The number of nitrogens with one attached hydrogen (secondary N) is 2. The van der Waals surface area contributed by atoms with Crippen molar-refractivity contribution in [2.24, 2.45) is 0 Å². The third-order valence-corrected chi connectivity index (χ3v) is 3.14. The molecule has 0 aliphatic heterocycles. The van der Waals surface area contributed by atoms with E-state index in [1.54, 1.807) is 0 Å². The first-order chi connectivity index (χ1) is 7.54. The molecule has 6 heteroatoms. The molecule has 0 unspecified atom stereocenters. The van der Waals surface area contributed by atoms with Gasteiger partial charge in [0, 0.05) is 12.5 Å². The highest BCUT2D eigenvalue weighted by molar-refractivity contribution is 7.72. The maximum atomic E-state index is 5.24. The van der Waals surface area contributed by atoms with Crippen LogP contribution >= 0.6 is 24.4 Å². The SMILES string of the molecule is CCn1c(=S)[nH]c(=S)c2[nH]c(C(C)C)nc21. The lowest BCUT2D eigenvalue weighted by Crippen LogP contribution is -2.02. The van der Waals surface area contributed by atoms with Gasteiger partial charge in [0.1, 0.15) is 16.0 Å². The quantitative estimate of drug-likeness (QED) is 0.808. The van der Waals surface area contributed by atoms with Crippen LogP contribution in [0.15, 0.2) is 0 Å². The van der Waals surface area contributed by atoms with Crippen LogP contribution in [0.5, 0.6) is 0 Å². The van der Waals surface area contributed by atoms with Crippen molar-refractivity contribution in [3.8, 4) is 0 Å². The Kier molecular flexibility index (Phi) is 2.94. The lowest BCUT2D eigenvalue weighted by Gasteiger charge is -2.03. The van der Waals surface area contributed by atoms with Gasteiger partial charge in [0.05, 0.1) is 0 Å². The van der Waals surface area contributed by atoms with Gasteiger partial charge in [0.15, 0.2) is 10.4 Å². The van der Waals surface area contributed by atoms with Gasteiger partial charge in [-0.3, -0.25) is 0 Å². The fourth-order valence-corrected chi connectivity index (χ4v) is 2.25. The lowest BCUT2D eigenvalue weighted by atomic mass is 10.2. The molecule has 16 heavy (non-hydrogen) atoms. The van der Waals surface area contributed by atoms with Crippen LogP contribution in [-0.4, -0.2) is 19.5 Å². The maximum absolute atomic E-state index is 5.24. The molecule has 0 saturated carbocycles. The Morgan fingerprint density at radius 3 is 2.56 bits per heavy atom. The number of aromatic nitrogens is 4. The van der Waals surface area contributed by atoms with E-state index in [0.29, 0.717) is 15.3 Å². The van der Waals surface area contributed by atoms with E-state index >= 15 is 0 Å². The minimum absolute atomic E-state index is 0.348. The maximum Gasteiger partial charge on any atom is 0.179 e. The van der Waals surface area contributed by atoms with Gasteiger partial charge >= 0.3 is 0 Å². The van der Waals surface area contributed by atoms with Gasteiger partial charge in [-0.15, -0.1) is 0 Å². The molecule has 0 aromatic carbocycles. The van der Waals surface area contributed by atoms with E-state index in [9.17, 15) is 0 Å². The highest BCUT2D eigenvalue weighted by Gasteiger charge is 2.10. The third-order valence-electron chi connectivity index (χ3n) is 2.51. The Balaban J connectivity index is 2.89. The van der Waals surface area contributed by atoms with Crippen molar-refractivity contribution >= 4 is 35.6 Å². The monoisotopic (exact) mass is 254 g/mol. The molecule has 0 fully saturated rings. The molecule has 0 radical (unpaired) electrons. The number of aryl methyl sites for hydroxylation is 1. The number of nitrogens with zero attached hydrogens (tertiary/aromatic N) is 2. The summed E-state index contributed by atoms with van der Waals surface area (Å²) in [6.07, 6.45) is 0. The zero-order valence-corrected chi connectivity index (χ0v) is 11.1. The molecular weight excluding hydrogens is 240 g/mol. The minimum atomic E-state index is 0.348. The molecule has 4 nitrogen and oxygen atoms in total. The molecule has 0 bridgehead atoms. The van der Waals surface area contributed by atoms with Gasteiger partial charge < -0.3 is 14.5 Å². The summed E-state index contributed by atoms with van der Waals surface area (Å²) in [6, 6.07) is 0. The van der Waals surface area contributed by atoms with Gasteiger partial charge in [0.2, 0.25) is 0 Å². The van der Waals surface area contributed by atoms with Crippen molar-refractivity contribution in [1.82, 2.24) is 19.5 Å². The fourth-order valence-electron chi connectivity index (χ4n) is 1.63. The summed E-state index contributed by atoms with van der Waals surface area (Å²) < 4.78 is 3.20. The molecule has 0 atom stereocenters. The normalized spacial score (nSPS) is 11.5. The summed E-state index contributed by atoms with van der Waals surface area (Å²) in [6.45, 7) is 7.00. The van der Waals surface area contributed by atoms with Crippen molar-refractivity contribution in [1.29, 1.82) is 0 Å². The number of hydrogen-bond donors (Lipinski definition) is 2. The fraction of sp³-hybridized carbons (Fsp3) is 0.500. The molecule has 86 valence electrons. The number of aromatic amines is 2. The van der Waals surface area contributed by atoms with Crippen LogP contribution in [0.2, 0.25) is 0 Å². The van der Waals surface area contributed by atoms with Crippen molar-refractivity contribution in [3.63, 3.8) is 0 Å². The standard InChI is InChI=1S/C10H14N4S2/c1-4-14-8-6(9(15)13-10(14)16)11-7(12-8)5(2)3/h5H,4H2,1-3H3,(H,11,12)(H,13,15,16). The highest BCUT2D eigenvalue weighted by atomic mass is 32.1. The largest absolute Gasteiger partial charge is 0.338 e. The second-order valence-electron chi connectivity index (χ2n) is 3.98. The van der Waals surface area contributed by atoms with E-state index in [1.165, 1.54) is 0 Å². The Labute approximate surface area is 104 Å². The summed E-state index contributed by atoms with van der Waals surface area (Å²) >= 11 is 10.5.